The molecule has 0 saturated heterocycles. The summed E-state index contributed by atoms with van der Waals surface area (Å²) in [6.07, 6.45) is -4.62. The summed E-state index contributed by atoms with van der Waals surface area (Å²) in [5.74, 6) is -1.33. The maximum Gasteiger partial charge on any atom is 0.417 e. The van der Waals surface area contributed by atoms with Crippen LogP contribution in [0.4, 0.5) is 13.2 Å². The lowest BCUT2D eigenvalue weighted by Gasteiger charge is -2.18. The molecule has 10 heteroatoms. The predicted molar refractivity (Wildman–Crippen MR) is 131 cm³/mol. The summed E-state index contributed by atoms with van der Waals surface area (Å²) in [6, 6.07) is 14.1. The highest BCUT2D eigenvalue weighted by Crippen LogP contribution is 2.40. The number of hydrogen-bond donors (Lipinski definition) is 3. The van der Waals surface area contributed by atoms with Gasteiger partial charge in [-0.25, -0.2) is 0 Å². The molecule has 4 rings (SSSR count). The number of phenolic OH excluding ortho intramolecular Hbond substituents is 1. The quantitative estimate of drug-likeness (QED) is 0.270. The standard InChI is InChI=1S/C27H24F3N3O4/c1-14-6-4-5-7-19(14)20-10-9-18(12-22(20)27(28,29)30)25-32-24(33-37-25)21-11-8-17(13-23(21)34)15(2)31-16(3)26(35)36/h4-13,15-16,31,34H,1-3H3,(H,35,36). The third-order valence-electron chi connectivity index (χ3n) is 6.07. The number of hydrogen-bond acceptors (Lipinski definition) is 6. The van der Waals surface area contributed by atoms with Crippen LogP contribution >= 0.6 is 0 Å². The third-order valence-corrected chi connectivity index (χ3v) is 6.07. The van der Waals surface area contributed by atoms with Gasteiger partial charge in [0, 0.05) is 11.6 Å². The number of halogens is 3. The fourth-order valence-electron chi connectivity index (χ4n) is 4.02. The van der Waals surface area contributed by atoms with Gasteiger partial charge in [0.25, 0.3) is 5.89 Å². The van der Waals surface area contributed by atoms with E-state index >= 15 is 0 Å². The van der Waals surface area contributed by atoms with Crippen LogP contribution in [0.1, 0.15) is 36.6 Å². The van der Waals surface area contributed by atoms with Gasteiger partial charge in [-0.15, -0.1) is 0 Å². The minimum absolute atomic E-state index is 0.00453. The first kappa shape index (κ1) is 25.9. The lowest BCUT2D eigenvalue weighted by atomic mass is 9.94. The van der Waals surface area contributed by atoms with Crippen LogP contribution in [0.25, 0.3) is 34.0 Å². The molecule has 3 N–H and O–H groups in total. The number of benzene rings is 3. The molecule has 3 aromatic carbocycles. The number of alkyl halides is 3. The van der Waals surface area contributed by atoms with Crippen LogP contribution in [0.5, 0.6) is 5.75 Å². The monoisotopic (exact) mass is 511 g/mol. The van der Waals surface area contributed by atoms with E-state index in [-0.39, 0.29) is 40.2 Å². The van der Waals surface area contributed by atoms with Gasteiger partial charge in [-0.2, -0.15) is 18.2 Å². The topological polar surface area (TPSA) is 108 Å². The van der Waals surface area contributed by atoms with Crippen molar-refractivity contribution in [3.63, 3.8) is 0 Å². The lowest BCUT2D eigenvalue weighted by molar-refractivity contribution is -0.139. The van der Waals surface area contributed by atoms with E-state index in [1.807, 2.05) is 0 Å². The molecule has 0 spiro atoms. The molecule has 0 amide bonds. The summed E-state index contributed by atoms with van der Waals surface area (Å²) >= 11 is 0. The van der Waals surface area contributed by atoms with Crippen LogP contribution in [0.3, 0.4) is 0 Å². The maximum absolute atomic E-state index is 14.0. The highest BCUT2D eigenvalue weighted by molar-refractivity contribution is 5.75. The summed E-state index contributed by atoms with van der Waals surface area (Å²) in [6.45, 7) is 5.00. The van der Waals surface area contributed by atoms with E-state index in [2.05, 4.69) is 15.5 Å². The predicted octanol–water partition coefficient (Wildman–Crippen LogP) is 6.23. The molecule has 0 fully saturated rings. The Morgan fingerprint density at radius 1 is 1.00 bits per heavy atom. The summed E-state index contributed by atoms with van der Waals surface area (Å²) in [5.41, 5.74) is 1.32. The van der Waals surface area contributed by atoms with Gasteiger partial charge >= 0.3 is 12.1 Å². The molecule has 7 nitrogen and oxygen atoms in total. The normalized spacial score (nSPS) is 13.4. The molecular formula is C27H24F3N3O4. The summed E-state index contributed by atoms with van der Waals surface area (Å²) in [7, 11) is 0. The fourth-order valence-corrected chi connectivity index (χ4v) is 4.02. The van der Waals surface area contributed by atoms with Crippen molar-refractivity contribution in [3.8, 4) is 39.7 Å². The number of carboxylic acids is 1. The molecule has 192 valence electrons. The molecule has 0 radical (unpaired) electrons. The lowest BCUT2D eigenvalue weighted by Crippen LogP contribution is -2.35. The number of nitrogens with zero attached hydrogens (tertiary/aromatic N) is 2. The van der Waals surface area contributed by atoms with Gasteiger partial charge in [0.15, 0.2) is 0 Å². The molecule has 0 aliphatic heterocycles. The molecule has 0 saturated carbocycles. The Hall–Kier alpha value is -4.18. The molecule has 0 aliphatic rings. The first-order chi connectivity index (χ1) is 17.5. The SMILES string of the molecule is Cc1ccccc1-c1ccc(-c2nc(-c3ccc(C(C)NC(C)C(=O)O)cc3O)no2)cc1C(F)(F)F. The van der Waals surface area contributed by atoms with Crippen LogP contribution < -0.4 is 5.32 Å². The van der Waals surface area contributed by atoms with Gasteiger partial charge < -0.3 is 14.7 Å². The third kappa shape index (κ3) is 5.49. The van der Waals surface area contributed by atoms with E-state index < -0.39 is 23.8 Å². The maximum atomic E-state index is 14.0. The molecule has 37 heavy (non-hydrogen) atoms. The largest absolute Gasteiger partial charge is 0.507 e. The van der Waals surface area contributed by atoms with Gasteiger partial charge in [-0.3, -0.25) is 10.1 Å². The molecule has 1 aromatic heterocycles. The molecule has 0 aliphatic carbocycles. The zero-order chi connectivity index (χ0) is 26.9. The number of rotatable bonds is 7. The second kappa shape index (κ2) is 10.1. The number of carboxylic acid groups (broad SMARTS) is 1. The van der Waals surface area contributed by atoms with Crippen molar-refractivity contribution in [3.05, 3.63) is 77.4 Å². The second-order valence-corrected chi connectivity index (χ2v) is 8.72. The van der Waals surface area contributed by atoms with Gasteiger partial charge in [0.1, 0.15) is 11.8 Å². The summed E-state index contributed by atoms with van der Waals surface area (Å²) < 4.78 is 47.2. The molecule has 0 bridgehead atoms. The molecule has 2 atom stereocenters. The smallest absolute Gasteiger partial charge is 0.417 e. The van der Waals surface area contributed by atoms with E-state index in [1.54, 1.807) is 44.2 Å². The van der Waals surface area contributed by atoms with Crippen LogP contribution in [0.2, 0.25) is 0 Å². The van der Waals surface area contributed by atoms with Crippen molar-refractivity contribution < 1.29 is 32.7 Å². The van der Waals surface area contributed by atoms with Crippen LogP contribution in [0.15, 0.2) is 65.2 Å². The van der Waals surface area contributed by atoms with Gasteiger partial charge in [0.2, 0.25) is 5.82 Å². The molecule has 1 heterocycles. The average molecular weight is 512 g/mol. The Balaban J connectivity index is 1.65. The first-order valence-electron chi connectivity index (χ1n) is 11.4. The van der Waals surface area contributed by atoms with E-state index in [1.165, 1.54) is 31.2 Å². The Morgan fingerprint density at radius 2 is 1.70 bits per heavy atom. The van der Waals surface area contributed by atoms with Crippen LogP contribution in [0, 0.1) is 6.92 Å². The highest BCUT2D eigenvalue weighted by Gasteiger charge is 2.35. The minimum Gasteiger partial charge on any atom is -0.507 e. The summed E-state index contributed by atoms with van der Waals surface area (Å²) in [4.78, 5) is 15.3. The zero-order valence-electron chi connectivity index (χ0n) is 20.2. The molecule has 2 unspecified atom stereocenters. The second-order valence-electron chi connectivity index (χ2n) is 8.72. The number of aryl methyl sites for hydroxylation is 1. The van der Waals surface area contributed by atoms with Gasteiger partial charge in [-0.05, 0) is 67.3 Å². The molecular weight excluding hydrogens is 487 g/mol. The van der Waals surface area contributed by atoms with Crippen molar-refractivity contribution in [2.45, 2.75) is 39.0 Å². The van der Waals surface area contributed by atoms with Gasteiger partial charge in [0.05, 0.1) is 11.1 Å². The first-order valence-corrected chi connectivity index (χ1v) is 11.4. The Morgan fingerprint density at radius 3 is 2.35 bits per heavy atom. The fraction of sp³-hybridized carbons (Fsp3) is 0.222. The number of aromatic hydroxyl groups is 1. The average Bonchev–Trinajstić information content (AvgIpc) is 3.33. The Kier molecular flexibility index (Phi) is 7.04. The number of aliphatic carboxylic acids is 1. The van der Waals surface area contributed by atoms with E-state index in [4.69, 9.17) is 9.63 Å². The van der Waals surface area contributed by atoms with Crippen LogP contribution in [-0.2, 0) is 11.0 Å². The Bertz CT molecular complexity index is 1450. The zero-order valence-corrected chi connectivity index (χ0v) is 20.2. The van der Waals surface area contributed by atoms with Crippen molar-refractivity contribution in [2.24, 2.45) is 0 Å². The van der Waals surface area contributed by atoms with Crippen LogP contribution in [-0.4, -0.2) is 32.4 Å². The van der Waals surface area contributed by atoms with Crippen molar-refractivity contribution in [1.82, 2.24) is 15.5 Å². The number of aromatic nitrogens is 2. The van der Waals surface area contributed by atoms with E-state index in [0.717, 1.165) is 6.07 Å². The minimum atomic E-state index is -4.62. The number of phenols is 1. The highest BCUT2D eigenvalue weighted by atomic mass is 19.4. The van der Waals surface area contributed by atoms with Crippen molar-refractivity contribution in [2.75, 3.05) is 0 Å². The van der Waals surface area contributed by atoms with Gasteiger partial charge in [-0.1, -0.05) is 41.6 Å². The number of carbonyl (C=O) groups is 1. The number of nitrogens with one attached hydrogen (secondary N) is 1. The summed E-state index contributed by atoms with van der Waals surface area (Å²) in [5, 5.41) is 26.3. The Labute approximate surface area is 210 Å². The van der Waals surface area contributed by atoms with E-state index in [0.29, 0.717) is 16.7 Å². The van der Waals surface area contributed by atoms with Crippen molar-refractivity contribution >= 4 is 5.97 Å². The van der Waals surface area contributed by atoms with Crippen molar-refractivity contribution in [1.29, 1.82) is 0 Å². The van der Waals surface area contributed by atoms with E-state index in [9.17, 15) is 23.1 Å². The molecule has 4 aromatic rings.